The van der Waals surface area contributed by atoms with E-state index in [4.69, 9.17) is 4.74 Å². The molecule has 2 rings (SSSR count). The van der Waals surface area contributed by atoms with Crippen LogP contribution in [0.1, 0.15) is 12.5 Å². The zero-order valence-corrected chi connectivity index (χ0v) is 11.4. The number of carbonyl (C=O) groups excluding carboxylic acids is 2. The van der Waals surface area contributed by atoms with Gasteiger partial charge in [0.2, 0.25) is 0 Å². The van der Waals surface area contributed by atoms with Crippen LogP contribution in [0.4, 0.5) is 4.79 Å². The molecule has 1 heterocycles. The van der Waals surface area contributed by atoms with Crippen LogP contribution in [0, 0.1) is 0 Å². The number of benzene rings is 1. The molecule has 0 radical (unpaired) electrons. The molecule has 1 aliphatic rings. The van der Waals surface area contributed by atoms with Gasteiger partial charge in [-0.2, -0.15) is 0 Å². The highest BCUT2D eigenvalue weighted by molar-refractivity contribution is 8.04. The van der Waals surface area contributed by atoms with E-state index in [1.165, 1.54) is 11.8 Å². The van der Waals surface area contributed by atoms with E-state index >= 15 is 0 Å². The van der Waals surface area contributed by atoms with Crippen molar-refractivity contribution >= 4 is 29.7 Å². The maximum Gasteiger partial charge on any atom is 0.407 e. The molecule has 1 saturated heterocycles. The minimum absolute atomic E-state index is 0.0538. The molecule has 1 fully saturated rings. The smallest absolute Gasteiger partial charge is 0.407 e. The van der Waals surface area contributed by atoms with Crippen LogP contribution >= 0.6 is 11.8 Å². The number of rotatable bonds is 3. The summed E-state index contributed by atoms with van der Waals surface area (Å²) in [5.41, 5.74) is 0.982. The molecule has 0 bridgehead atoms. The molecule has 0 unspecified atom stereocenters. The van der Waals surface area contributed by atoms with Crippen molar-refractivity contribution in [2.45, 2.75) is 13.0 Å². The Labute approximate surface area is 116 Å². The van der Waals surface area contributed by atoms with Crippen LogP contribution in [0.5, 0.6) is 0 Å². The Balaban J connectivity index is 2.02. The van der Waals surface area contributed by atoms with Crippen molar-refractivity contribution in [1.29, 1.82) is 0 Å². The Morgan fingerprint density at radius 2 is 2.21 bits per heavy atom. The molecule has 19 heavy (non-hydrogen) atoms. The van der Waals surface area contributed by atoms with Gasteiger partial charge in [0.1, 0.15) is 6.04 Å². The molecule has 1 aromatic carbocycles. The van der Waals surface area contributed by atoms with Crippen LogP contribution in [0.15, 0.2) is 35.2 Å². The van der Waals surface area contributed by atoms with E-state index in [9.17, 15) is 9.59 Å². The summed E-state index contributed by atoms with van der Waals surface area (Å²) < 4.78 is 4.77. The van der Waals surface area contributed by atoms with Crippen LogP contribution in [-0.4, -0.2) is 30.3 Å². The van der Waals surface area contributed by atoms with E-state index in [2.05, 4.69) is 5.32 Å². The fourth-order valence-corrected chi connectivity index (χ4v) is 2.81. The number of ether oxygens (including phenoxy) is 1. The van der Waals surface area contributed by atoms with Crippen molar-refractivity contribution in [2.24, 2.45) is 0 Å². The third kappa shape index (κ3) is 3.61. The number of ketones is 1. The molecule has 0 spiro atoms. The van der Waals surface area contributed by atoms with Crippen molar-refractivity contribution in [3.63, 3.8) is 0 Å². The normalized spacial score (nSPS) is 20.6. The van der Waals surface area contributed by atoms with Gasteiger partial charge < -0.3 is 10.1 Å². The molecule has 1 aromatic rings. The first-order valence-electron chi connectivity index (χ1n) is 6.07. The first-order chi connectivity index (χ1) is 9.20. The van der Waals surface area contributed by atoms with Gasteiger partial charge >= 0.3 is 6.09 Å². The third-order valence-corrected chi connectivity index (χ3v) is 3.76. The summed E-state index contributed by atoms with van der Waals surface area (Å²) in [5.74, 6) is 0.498. The van der Waals surface area contributed by atoms with Gasteiger partial charge in [-0.25, -0.2) is 4.79 Å². The Morgan fingerprint density at radius 1 is 1.47 bits per heavy atom. The highest BCUT2D eigenvalue weighted by Crippen LogP contribution is 2.29. The Hall–Kier alpha value is -1.75. The van der Waals surface area contributed by atoms with Crippen molar-refractivity contribution in [1.82, 2.24) is 5.32 Å². The highest BCUT2D eigenvalue weighted by Gasteiger charge is 2.31. The average molecular weight is 277 g/mol. The van der Waals surface area contributed by atoms with Crippen molar-refractivity contribution in [3.05, 3.63) is 40.8 Å². The molecule has 0 aliphatic carbocycles. The van der Waals surface area contributed by atoms with E-state index in [1.54, 1.807) is 6.92 Å². The fourth-order valence-electron chi connectivity index (χ4n) is 1.73. The molecule has 1 aliphatic heterocycles. The molecule has 5 heteroatoms. The lowest BCUT2D eigenvalue weighted by molar-refractivity contribution is -0.115. The number of hydrogen-bond acceptors (Lipinski definition) is 4. The van der Waals surface area contributed by atoms with Gasteiger partial charge in [0.25, 0.3) is 0 Å². The number of carbonyl (C=O) groups is 2. The van der Waals surface area contributed by atoms with Gasteiger partial charge in [0.15, 0.2) is 5.78 Å². The van der Waals surface area contributed by atoms with E-state index < -0.39 is 12.1 Å². The van der Waals surface area contributed by atoms with E-state index in [-0.39, 0.29) is 5.78 Å². The number of thioether (sulfide) groups is 1. The summed E-state index contributed by atoms with van der Waals surface area (Å²) in [7, 11) is 0. The topological polar surface area (TPSA) is 55.4 Å². The van der Waals surface area contributed by atoms with E-state index in [0.717, 1.165) is 5.56 Å². The third-order valence-electron chi connectivity index (χ3n) is 2.63. The first kappa shape index (κ1) is 13.7. The molecular formula is C14H15NO3S. The van der Waals surface area contributed by atoms with Crippen molar-refractivity contribution in [2.75, 3.05) is 12.4 Å². The molecule has 4 nitrogen and oxygen atoms in total. The van der Waals surface area contributed by atoms with E-state index in [0.29, 0.717) is 17.3 Å². The van der Waals surface area contributed by atoms with Gasteiger partial charge in [-0.1, -0.05) is 30.3 Å². The molecule has 0 saturated carbocycles. The lowest BCUT2D eigenvalue weighted by Gasteiger charge is -2.09. The molecule has 1 N–H and O–H groups in total. The summed E-state index contributed by atoms with van der Waals surface area (Å²) in [5, 5.41) is 2.57. The summed E-state index contributed by atoms with van der Waals surface area (Å²) in [6, 6.07) is 9.16. The van der Waals surface area contributed by atoms with Gasteiger partial charge in [-0.3, -0.25) is 4.79 Å². The number of alkyl carbamates (subject to hydrolysis) is 1. The number of hydrogen-bond donors (Lipinski definition) is 1. The number of nitrogens with one attached hydrogen (secondary N) is 1. The van der Waals surface area contributed by atoms with Crippen LogP contribution in [0.25, 0.3) is 6.08 Å². The van der Waals surface area contributed by atoms with Gasteiger partial charge in [0, 0.05) is 5.75 Å². The number of amides is 1. The van der Waals surface area contributed by atoms with Crippen LogP contribution < -0.4 is 5.32 Å². The molecule has 1 amide bonds. The zero-order chi connectivity index (χ0) is 13.7. The second-order valence-corrected chi connectivity index (χ2v) is 5.07. The molecule has 100 valence electrons. The van der Waals surface area contributed by atoms with Crippen LogP contribution in [0.3, 0.4) is 0 Å². The minimum Gasteiger partial charge on any atom is -0.450 e. The van der Waals surface area contributed by atoms with Crippen molar-refractivity contribution < 1.29 is 14.3 Å². The maximum atomic E-state index is 12.1. The minimum atomic E-state index is -0.539. The fraction of sp³-hybridized carbons (Fsp3) is 0.286. The predicted octanol–water partition coefficient (Wildman–Crippen LogP) is 2.46. The zero-order valence-electron chi connectivity index (χ0n) is 10.6. The van der Waals surface area contributed by atoms with Gasteiger partial charge in [-0.15, -0.1) is 11.8 Å². The Bertz CT molecular complexity index is 499. The summed E-state index contributed by atoms with van der Waals surface area (Å²) in [6.07, 6.45) is 1.31. The Morgan fingerprint density at radius 3 is 2.89 bits per heavy atom. The molecule has 0 aromatic heterocycles. The largest absolute Gasteiger partial charge is 0.450 e. The molecular weight excluding hydrogens is 262 g/mol. The second kappa shape index (κ2) is 6.43. The maximum absolute atomic E-state index is 12.1. The standard InChI is InChI=1S/C14H15NO3S/c1-2-18-14(17)15-11-9-19-12(13(11)16)8-10-6-4-3-5-7-10/h3-8,11H,2,9H2,1H3,(H,15,17)/b12-8+/t11-/m1/s1. The lowest BCUT2D eigenvalue weighted by atomic mass is 10.1. The van der Waals surface area contributed by atoms with Crippen molar-refractivity contribution in [3.8, 4) is 0 Å². The van der Waals surface area contributed by atoms with Gasteiger partial charge in [0.05, 0.1) is 11.5 Å². The summed E-state index contributed by atoms with van der Waals surface area (Å²) >= 11 is 1.45. The van der Waals surface area contributed by atoms with E-state index in [1.807, 2.05) is 36.4 Å². The van der Waals surface area contributed by atoms with Crippen LogP contribution in [-0.2, 0) is 9.53 Å². The summed E-state index contributed by atoms with van der Waals surface area (Å²) in [4.78, 5) is 24.1. The van der Waals surface area contributed by atoms with Gasteiger partial charge in [-0.05, 0) is 18.6 Å². The average Bonchev–Trinajstić information content (AvgIpc) is 2.73. The first-order valence-corrected chi connectivity index (χ1v) is 7.06. The summed E-state index contributed by atoms with van der Waals surface area (Å²) in [6.45, 7) is 2.03. The highest BCUT2D eigenvalue weighted by atomic mass is 32.2. The Kier molecular flexibility index (Phi) is 4.63. The SMILES string of the molecule is CCOC(=O)N[C@@H]1CS/C(=C/c2ccccc2)C1=O. The van der Waals surface area contributed by atoms with Crippen LogP contribution in [0.2, 0.25) is 0 Å². The molecule has 1 atom stereocenters. The quantitative estimate of drug-likeness (QED) is 0.862. The number of Topliss-reactive ketones (excluding diaryl/α,β-unsaturated/α-hetero) is 1. The second-order valence-electron chi connectivity index (χ2n) is 4.01. The lowest BCUT2D eigenvalue weighted by Crippen LogP contribution is -2.40. The monoisotopic (exact) mass is 277 g/mol. The predicted molar refractivity (Wildman–Crippen MR) is 75.8 cm³/mol.